The summed E-state index contributed by atoms with van der Waals surface area (Å²) in [6.07, 6.45) is 6.21. The molecule has 0 amide bonds. The Hall–Kier alpha value is -1.23. The largest absolute Gasteiger partial charge is 0.315 e. The van der Waals surface area contributed by atoms with Crippen LogP contribution in [-0.2, 0) is 6.42 Å². The molecule has 0 aliphatic carbocycles. The van der Waals surface area contributed by atoms with Gasteiger partial charge in [-0.3, -0.25) is 9.88 Å². The van der Waals surface area contributed by atoms with Crippen molar-refractivity contribution in [3.05, 3.63) is 52.0 Å². The van der Waals surface area contributed by atoms with E-state index >= 15 is 0 Å². The van der Waals surface area contributed by atoms with Crippen molar-refractivity contribution < 1.29 is 0 Å². The first-order valence-corrected chi connectivity index (χ1v) is 8.63. The molecule has 0 spiro atoms. The van der Waals surface area contributed by atoms with Crippen LogP contribution in [0, 0.1) is 0 Å². The molecule has 1 unspecified atom stereocenters. The lowest BCUT2D eigenvalue weighted by molar-refractivity contribution is 0.243. The molecular formula is C17H23N3S. The standard InChI is InChI=1S/C17H23N3S/c1-2-15-6-7-16(21-15)17(14-5-3-8-19-13-14)20-11-4-9-18-10-12-20/h3,5-8,13,17-18H,2,4,9-12H2,1H3. The second-order valence-corrected chi connectivity index (χ2v) is 6.69. The van der Waals surface area contributed by atoms with Gasteiger partial charge in [0.25, 0.3) is 0 Å². The van der Waals surface area contributed by atoms with Gasteiger partial charge in [0.1, 0.15) is 0 Å². The van der Waals surface area contributed by atoms with E-state index in [-0.39, 0.29) is 0 Å². The zero-order chi connectivity index (χ0) is 14.5. The number of hydrogen-bond donors (Lipinski definition) is 1. The normalized spacial score (nSPS) is 18.3. The molecule has 3 nitrogen and oxygen atoms in total. The van der Waals surface area contributed by atoms with Crippen LogP contribution in [0.25, 0.3) is 0 Å². The third-order valence-electron chi connectivity index (χ3n) is 4.04. The lowest BCUT2D eigenvalue weighted by Gasteiger charge is -2.30. The number of aromatic nitrogens is 1. The molecule has 3 rings (SSSR count). The minimum absolute atomic E-state index is 0.351. The fourth-order valence-electron chi connectivity index (χ4n) is 2.95. The van der Waals surface area contributed by atoms with Gasteiger partial charge in [-0.15, -0.1) is 11.3 Å². The predicted molar refractivity (Wildman–Crippen MR) is 88.8 cm³/mol. The molecule has 1 fully saturated rings. The lowest BCUT2D eigenvalue weighted by Crippen LogP contribution is -2.32. The topological polar surface area (TPSA) is 28.2 Å². The van der Waals surface area contributed by atoms with Crippen LogP contribution in [0.1, 0.15) is 34.7 Å². The Morgan fingerprint density at radius 2 is 2.24 bits per heavy atom. The number of nitrogens with one attached hydrogen (secondary N) is 1. The van der Waals surface area contributed by atoms with Crippen LogP contribution in [0.4, 0.5) is 0 Å². The van der Waals surface area contributed by atoms with Gasteiger partial charge in [-0.25, -0.2) is 0 Å². The van der Waals surface area contributed by atoms with Crippen molar-refractivity contribution in [1.82, 2.24) is 15.2 Å². The highest BCUT2D eigenvalue weighted by molar-refractivity contribution is 7.12. The van der Waals surface area contributed by atoms with E-state index in [0.29, 0.717) is 6.04 Å². The first kappa shape index (κ1) is 14.7. The van der Waals surface area contributed by atoms with E-state index in [2.05, 4.69) is 40.3 Å². The third-order valence-corrected chi connectivity index (χ3v) is 5.32. The summed E-state index contributed by atoms with van der Waals surface area (Å²) >= 11 is 1.95. The van der Waals surface area contributed by atoms with Gasteiger partial charge in [-0.05, 0) is 43.1 Å². The van der Waals surface area contributed by atoms with Crippen LogP contribution in [0.15, 0.2) is 36.7 Å². The van der Waals surface area contributed by atoms with Crippen molar-refractivity contribution >= 4 is 11.3 Å². The molecular weight excluding hydrogens is 278 g/mol. The van der Waals surface area contributed by atoms with E-state index in [9.17, 15) is 0 Å². The third kappa shape index (κ3) is 3.51. The minimum Gasteiger partial charge on any atom is -0.315 e. The highest BCUT2D eigenvalue weighted by Crippen LogP contribution is 2.33. The molecule has 112 valence electrons. The number of nitrogens with zero attached hydrogens (tertiary/aromatic N) is 2. The van der Waals surface area contributed by atoms with Crippen molar-refractivity contribution in [1.29, 1.82) is 0 Å². The number of thiophene rings is 1. The second kappa shape index (κ2) is 7.16. The first-order chi connectivity index (χ1) is 10.4. The van der Waals surface area contributed by atoms with Gasteiger partial charge in [-0.2, -0.15) is 0 Å². The summed E-state index contributed by atoms with van der Waals surface area (Å²) in [5.74, 6) is 0. The van der Waals surface area contributed by atoms with E-state index in [1.165, 1.54) is 21.7 Å². The van der Waals surface area contributed by atoms with Crippen LogP contribution in [0.3, 0.4) is 0 Å². The molecule has 2 aromatic rings. The molecule has 0 radical (unpaired) electrons. The average molecular weight is 301 g/mol. The van der Waals surface area contributed by atoms with Gasteiger partial charge in [-0.1, -0.05) is 13.0 Å². The molecule has 0 bridgehead atoms. The van der Waals surface area contributed by atoms with Crippen LogP contribution in [-0.4, -0.2) is 36.1 Å². The summed E-state index contributed by atoms with van der Waals surface area (Å²) in [7, 11) is 0. The molecule has 1 N–H and O–H groups in total. The Morgan fingerprint density at radius 3 is 3.00 bits per heavy atom. The molecule has 1 saturated heterocycles. The maximum atomic E-state index is 4.34. The van der Waals surface area contributed by atoms with Gasteiger partial charge < -0.3 is 5.32 Å². The van der Waals surface area contributed by atoms with Crippen molar-refractivity contribution in [2.24, 2.45) is 0 Å². The molecule has 0 saturated carbocycles. The van der Waals surface area contributed by atoms with Crippen molar-refractivity contribution in [2.45, 2.75) is 25.8 Å². The smallest absolute Gasteiger partial charge is 0.0711 e. The van der Waals surface area contributed by atoms with E-state index in [1.54, 1.807) is 0 Å². The van der Waals surface area contributed by atoms with Crippen LogP contribution >= 0.6 is 11.3 Å². The summed E-state index contributed by atoms with van der Waals surface area (Å²) in [6, 6.07) is 9.19. The van der Waals surface area contributed by atoms with Crippen molar-refractivity contribution in [2.75, 3.05) is 26.2 Å². The summed E-state index contributed by atoms with van der Waals surface area (Å²) < 4.78 is 0. The molecule has 0 aromatic carbocycles. The zero-order valence-electron chi connectivity index (χ0n) is 12.6. The Bertz CT molecular complexity index is 544. The Labute approximate surface area is 131 Å². The highest BCUT2D eigenvalue weighted by atomic mass is 32.1. The Balaban J connectivity index is 1.93. The number of hydrogen-bond acceptors (Lipinski definition) is 4. The zero-order valence-corrected chi connectivity index (χ0v) is 13.4. The van der Waals surface area contributed by atoms with E-state index in [1.807, 2.05) is 29.8 Å². The monoisotopic (exact) mass is 301 g/mol. The van der Waals surface area contributed by atoms with Gasteiger partial charge >= 0.3 is 0 Å². The molecule has 1 aliphatic rings. The summed E-state index contributed by atoms with van der Waals surface area (Å²) in [4.78, 5) is 9.85. The van der Waals surface area contributed by atoms with Gasteiger partial charge in [0, 0.05) is 41.8 Å². The van der Waals surface area contributed by atoms with Gasteiger partial charge in [0.2, 0.25) is 0 Å². The predicted octanol–water partition coefficient (Wildman–Crippen LogP) is 3.09. The molecule has 1 atom stereocenters. The molecule has 4 heteroatoms. The Morgan fingerprint density at radius 1 is 1.29 bits per heavy atom. The van der Waals surface area contributed by atoms with Gasteiger partial charge in [0.15, 0.2) is 0 Å². The number of rotatable bonds is 4. The fraction of sp³-hybridized carbons (Fsp3) is 0.471. The van der Waals surface area contributed by atoms with Crippen molar-refractivity contribution in [3.63, 3.8) is 0 Å². The summed E-state index contributed by atoms with van der Waals surface area (Å²) in [5.41, 5.74) is 1.31. The van der Waals surface area contributed by atoms with Crippen LogP contribution in [0.2, 0.25) is 0 Å². The average Bonchev–Trinajstić information content (AvgIpc) is 2.84. The maximum Gasteiger partial charge on any atom is 0.0711 e. The first-order valence-electron chi connectivity index (χ1n) is 7.82. The van der Waals surface area contributed by atoms with Gasteiger partial charge in [0.05, 0.1) is 6.04 Å². The molecule has 2 aromatic heterocycles. The van der Waals surface area contributed by atoms with Crippen LogP contribution < -0.4 is 5.32 Å². The van der Waals surface area contributed by atoms with Crippen molar-refractivity contribution in [3.8, 4) is 0 Å². The highest BCUT2D eigenvalue weighted by Gasteiger charge is 2.24. The van der Waals surface area contributed by atoms with Crippen LogP contribution in [0.5, 0.6) is 0 Å². The second-order valence-electron chi connectivity index (χ2n) is 5.49. The number of aryl methyl sites for hydroxylation is 1. The summed E-state index contributed by atoms with van der Waals surface area (Å²) in [5, 5.41) is 3.50. The summed E-state index contributed by atoms with van der Waals surface area (Å²) in [6.45, 7) is 6.67. The quantitative estimate of drug-likeness (QED) is 0.940. The SMILES string of the molecule is CCc1ccc(C(c2cccnc2)N2CCCNCC2)s1. The van der Waals surface area contributed by atoms with E-state index in [4.69, 9.17) is 0 Å². The number of pyridine rings is 1. The van der Waals surface area contributed by atoms with E-state index < -0.39 is 0 Å². The maximum absolute atomic E-state index is 4.34. The Kier molecular flexibility index (Phi) is 5.01. The molecule has 21 heavy (non-hydrogen) atoms. The fourth-order valence-corrected chi connectivity index (χ4v) is 4.07. The minimum atomic E-state index is 0.351. The molecule has 3 heterocycles. The molecule has 1 aliphatic heterocycles. The van der Waals surface area contributed by atoms with E-state index in [0.717, 1.165) is 32.6 Å². The lowest BCUT2D eigenvalue weighted by atomic mass is 10.1.